The van der Waals surface area contributed by atoms with Crippen LogP contribution in [0.5, 0.6) is 0 Å². The van der Waals surface area contributed by atoms with Crippen molar-refractivity contribution in [3.8, 4) is 22.6 Å². The molecule has 1 aromatic carbocycles. The Morgan fingerprint density at radius 3 is 2.48 bits per heavy atom. The second kappa shape index (κ2) is 9.17. The van der Waals surface area contributed by atoms with E-state index in [2.05, 4.69) is 34.4 Å². The van der Waals surface area contributed by atoms with Crippen molar-refractivity contribution in [1.29, 1.82) is 0 Å². The van der Waals surface area contributed by atoms with Gasteiger partial charge in [0, 0.05) is 23.2 Å². The molecule has 0 unspecified atom stereocenters. The highest BCUT2D eigenvalue weighted by Crippen LogP contribution is 2.35. The molecule has 0 atom stereocenters. The van der Waals surface area contributed by atoms with Crippen LogP contribution in [0.3, 0.4) is 0 Å². The van der Waals surface area contributed by atoms with Crippen LogP contribution in [-0.4, -0.2) is 52.3 Å². The van der Waals surface area contributed by atoms with Gasteiger partial charge in [-0.2, -0.15) is 0 Å². The maximum atomic E-state index is 13.6. The van der Waals surface area contributed by atoms with Crippen LogP contribution < -0.4 is 10.6 Å². The largest absolute Gasteiger partial charge is 0.351 e. The molecule has 2 aliphatic heterocycles. The molecule has 0 aliphatic carbocycles. The van der Waals surface area contributed by atoms with Crippen LogP contribution >= 0.6 is 0 Å². The lowest BCUT2D eigenvalue weighted by Crippen LogP contribution is -2.35. The number of aromatic amines is 1. The Hall–Kier alpha value is -2.88. The van der Waals surface area contributed by atoms with Gasteiger partial charge in [-0.25, -0.2) is 19.3 Å². The maximum absolute atomic E-state index is 13.6. The van der Waals surface area contributed by atoms with Gasteiger partial charge in [0.05, 0.1) is 30.3 Å². The van der Waals surface area contributed by atoms with Crippen LogP contribution in [0.25, 0.3) is 22.6 Å². The molecule has 2 saturated heterocycles. The molecular formula is C24H29FN6O2. The number of imidazole rings is 1. The number of hydrogen-bond donors (Lipinski definition) is 3. The number of nitrogens with zero attached hydrogens (tertiary/aromatic N) is 3. The van der Waals surface area contributed by atoms with E-state index in [0.29, 0.717) is 48.1 Å². The summed E-state index contributed by atoms with van der Waals surface area (Å²) >= 11 is 0. The van der Waals surface area contributed by atoms with E-state index >= 15 is 0 Å². The average molecular weight is 453 g/mol. The summed E-state index contributed by atoms with van der Waals surface area (Å²) in [5.74, 6) is 0.839. The van der Waals surface area contributed by atoms with E-state index in [1.165, 1.54) is 12.1 Å². The van der Waals surface area contributed by atoms with Gasteiger partial charge in [-0.15, -0.1) is 0 Å². The fourth-order valence-electron chi connectivity index (χ4n) is 4.07. The maximum Gasteiger partial charge on any atom is 0.223 e. The third-order valence-corrected chi connectivity index (χ3v) is 5.90. The number of piperidine rings is 1. The molecule has 3 N–H and O–H groups in total. The normalized spacial score (nSPS) is 19.5. The van der Waals surface area contributed by atoms with Gasteiger partial charge in [-0.05, 0) is 56.3 Å². The van der Waals surface area contributed by atoms with Gasteiger partial charge < -0.3 is 25.1 Å². The third kappa shape index (κ3) is 5.05. The molecule has 5 rings (SSSR count). The number of benzene rings is 1. The molecule has 0 spiro atoms. The molecule has 2 aliphatic rings. The minimum atomic E-state index is -0.597. The van der Waals surface area contributed by atoms with E-state index in [1.54, 1.807) is 18.3 Å². The number of rotatable bonds is 5. The smallest absolute Gasteiger partial charge is 0.223 e. The topological polar surface area (TPSA) is 97.0 Å². The Bertz CT molecular complexity index is 1080. The SMILES string of the molecule is CC1(C)COC(c2nc(-c3ccc(F)cc3)c(-c3ccnc(NC4CCNCC4)n3)[nH]2)OC1. The monoisotopic (exact) mass is 452 g/mol. The van der Waals surface area contributed by atoms with Crippen molar-refractivity contribution in [1.82, 2.24) is 25.3 Å². The molecule has 2 aromatic heterocycles. The van der Waals surface area contributed by atoms with Crippen molar-refractivity contribution < 1.29 is 13.9 Å². The predicted octanol–water partition coefficient (Wildman–Crippen LogP) is 3.91. The van der Waals surface area contributed by atoms with Crippen molar-refractivity contribution >= 4 is 5.95 Å². The zero-order valence-electron chi connectivity index (χ0n) is 18.9. The first kappa shape index (κ1) is 21.9. The highest BCUT2D eigenvalue weighted by atomic mass is 19.1. The van der Waals surface area contributed by atoms with Crippen LogP contribution in [0, 0.1) is 11.2 Å². The molecule has 0 saturated carbocycles. The van der Waals surface area contributed by atoms with Crippen LogP contribution in [-0.2, 0) is 9.47 Å². The van der Waals surface area contributed by atoms with Crippen LogP contribution in [0.15, 0.2) is 36.5 Å². The summed E-state index contributed by atoms with van der Waals surface area (Å²) in [5.41, 5.74) is 2.79. The Balaban J connectivity index is 1.48. The first-order valence-corrected chi connectivity index (χ1v) is 11.4. The number of nitrogens with one attached hydrogen (secondary N) is 3. The average Bonchev–Trinajstić information content (AvgIpc) is 3.26. The first-order chi connectivity index (χ1) is 16.0. The minimum absolute atomic E-state index is 0.0480. The number of halogens is 1. The molecule has 0 bridgehead atoms. The van der Waals surface area contributed by atoms with Gasteiger partial charge in [0.1, 0.15) is 5.82 Å². The van der Waals surface area contributed by atoms with Gasteiger partial charge in [0.15, 0.2) is 5.82 Å². The van der Waals surface area contributed by atoms with E-state index in [-0.39, 0.29) is 11.2 Å². The Morgan fingerprint density at radius 1 is 1.03 bits per heavy atom. The molecule has 33 heavy (non-hydrogen) atoms. The van der Waals surface area contributed by atoms with Gasteiger partial charge in [-0.3, -0.25) is 0 Å². The summed E-state index contributed by atoms with van der Waals surface area (Å²) in [4.78, 5) is 17.3. The molecule has 4 heterocycles. The number of H-pyrrole nitrogens is 1. The third-order valence-electron chi connectivity index (χ3n) is 5.90. The van der Waals surface area contributed by atoms with E-state index < -0.39 is 6.29 Å². The zero-order valence-corrected chi connectivity index (χ0v) is 18.9. The number of ether oxygens (including phenoxy) is 2. The molecular weight excluding hydrogens is 423 g/mol. The van der Waals surface area contributed by atoms with E-state index in [4.69, 9.17) is 19.4 Å². The van der Waals surface area contributed by atoms with Crippen molar-refractivity contribution in [3.05, 3.63) is 48.2 Å². The fraction of sp³-hybridized carbons (Fsp3) is 0.458. The van der Waals surface area contributed by atoms with Gasteiger partial charge in [-0.1, -0.05) is 13.8 Å². The van der Waals surface area contributed by atoms with Gasteiger partial charge in [0.2, 0.25) is 12.2 Å². The zero-order chi connectivity index (χ0) is 22.8. The lowest BCUT2D eigenvalue weighted by Gasteiger charge is -2.33. The summed E-state index contributed by atoms with van der Waals surface area (Å²) in [6.07, 6.45) is 3.18. The molecule has 8 nitrogen and oxygen atoms in total. The standard InChI is InChI=1S/C24H29FN6O2/c1-24(2)13-32-22(33-14-24)21-30-19(15-3-5-16(25)6-4-15)20(31-21)18-9-12-27-23(29-18)28-17-7-10-26-11-8-17/h3-6,9,12,17,22,26H,7-8,10-11,13-14H2,1-2H3,(H,30,31)(H,27,28,29). The van der Waals surface area contributed by atoms with E-state index in [0.717, 1.165) is 31.5 Å². The van der Waals surface area contributed by atoms with Crippen molar-refractivity contribution in [2.24, 2.45) is 5.41 Å². The molecule has 9 heteroatoms. The molecule has 174 valence electrons. The summed E-state index contributed by atoms with van der Waals surface area (Å²) in [7, 11) is 0. The highest BCUT2D eigenvalue weighted by molar-refractivity contribution is 5.77. The molecule has 3 aromatic rings. The Labute approximate surface area is 192 Å². The quantitative estimate of drug-likeness (QED) is 0.540. The summed E-state index contributed by atoms with van der Waals surface area (Å²) in [6, 6.07) is 8.44. The summed E-state index contributed by atoms with van der Waals surface area (Å²) in [6.45, 7) is 7.29. The summed E-state index contributed by atoms with van der Waals surface area (Å²) in [5, 5.41) is 6.80. The number of hydrogen-bond acceptors (Lipinski definition) is 7. The van der Waals surface area contributed by atoms with Crippen LogP contribution in [0.2, 0.25) is 0 Å². The number of anilines is 1. The highest BCUT2D eigenvalue weighted by Gasteiger charge is 2.32. The molecule has 0 amide bonds. The van der Waals surface area contributed by atoms with E-state index in [9.17, 15) is 4.39 Å². The Kier molecular flexibility index (Phi) is 6.09. The second-order valence-corrected chi connectivity index (χ2v) is 9.40. The summed E-state index contributed by atoms with van der Waals surface area (Å²) < 4.78 is 25.4. The van der Waals surface area contributed by atoms with Crippen molar-refractivity contribution in [2.45, 2.75) is 39.0 Å². The lowest BCUT2D eigenvalue weighted by atomic mass is 9.96. The van der Waals surface area contributed by atoms with Crippen LogP contribution in [0.4, 0.5) is 10.3 Å². The predicted molar refractivity (Wildman–Crippen MR) is 123 cm³/mol. The Morgan fingerprint density at radius 2 is 1.76 bits per heavy atom. The minimum Gasteiger partial charge on any atom is -0.351 e. The fourth-order valence-corrected chi connectivity index (χ4v) is 4.07. The molecule has 0 radical (unpaired) electrons. The van der Waals surface area contributed by atoms with Crippen molar-refractivity contribution in [3.63, 3.8) is 0 Å². The second-order valence-electron chi connectivity index (χ2n) is 9.40. The first-order valence-electron chi connectivity index (χ1n) is 11.4. The lowest BCUT2D eigenvalue weighted by molar-refractivity contribution is -0.229. The van der Waals surface area contributed by atoms with Crippen molar-refractivity contribution in [2.75, 3.05) is 31.6 Å². The molecule has 2 fully saturated rings. The van der Waals surface area contributed by atoms with Gasteiger partial charge in [0.25, 0.3) is 0 Å². The number of aromatic nitrogens is 4. The van der Waals surface area contributed by atoms with Crippen LogP contribution in [0.1, 0.15) is 38.8 Å². The van der Waals surface area contributed by atoms with E-state index in [1.807, 2.05) is 6.07 Å². The van der Waals surface area contributed by atoms with Gasteiger partial charge >= 0.3 is 0 Å².